The topological polar surface area (TPSA) is 68.8 Å². The van der Waals surface area contributed by atoms with Crippen LogP contribution in [0, 0.1) is 5.92 Å². The number of urea groups is 1. The molecule has 6 heteroatoms. The number of carbonyl (C=O) groups excluding carboxylic acids is 1. The monoisotopic (exact) mass is 306 g/mol. The van der Waals surface area contributed by atoms with E-state index in [1.807, 2.05) is 18.2 Å². The van der Waals surface area contributed by atoms with Crippen LogP contribution in [0.3, 0.4) is 0 Å². The summed E-state index contributed by atoms with van der Waals surface area (Å²) < 4.78 is 16.3. The van der Waals surface area contributed by atoms with Crippen LogP contribution < -0.4 is 20.1 Å². The molecule has 1 atom stereocenters. The van der Waals surface area contributed by atoms with Crippen molar-refractivity contribution in [3.05, 3.63) is 23.8 Å². The van der Waals surface area contributed by atoms with E-state index in [2.05, 4.69) is 10.6 Å². The molecule has 0 aliphatic carbocycles. The fraction of sp³-hybridized carbons (Fsp3) is 0.562. The van der Waals surface area contributed by atoms with Crippen molar-refractivity contribution in [2.45, 2.75) is 12.8 Å². The molecule has 0 aromatic heterocycles. The molecule has 0 saturated carbocycles. The molecule has 0 radical (unpaired) electrons. The van der Waals surface area contributed by atoms with E-state index in [0.717, 1.165) is 43.1 Å². The Morgan fingerprint density at radius 3 is 2.82 bits per heavy atom. The van der Waals surface area contributed by atoms with Crippen molar-refractivity contribution in [3.63, 3.8) is 0 Å². The zero-order valence-electron chi connectivity index (χ0n) is 12.6. The minimum atomic E-state index is -0.121. The molecular weight excluding hydrogens is 284 g/mol. The van der Waals surface area contributed by atoms with Gasteiger partial charge in [-0.05, 0) is 30.5 Å². The average molecular weight is 306 g/mol. The number of rotatable bonds is 5. The molecule has 3 rings (SSSR count). The summed E-state index contributed by atoms with van der Waals surface area (Å²) in [6.07, 6.45) is 1.79. The van der Waals surface area contributed by atoms with E-state index < -0.39 is 0 Å². The van der Waals surface area contributed by atoms with Crippen molar-refractivity contribution in [3.8, 4) is 11.5 Å². The average Bonchev–Trinajstić information content (AvgIpc) is 3.06. The highest BCUT2D eigenvalue weighted by molar-refractivity contribution is 5.73. The maximum Gasteiger partial charge on any atom is 0.314 e. The minimum Gasteiger partial charge on any atom is -0.486 e. The fourth-order valence-electron chi connectivity index (χ4n) is 2.61. The van der Waals surface area contributed by atoms with E-state index in [9.17, 15) is 4.79 Å². The van der Waals surface area contributed by atoms with E-state index in [1.54, 1.807) is 0 Å². The molecule has 6 nitrogen and oxygen atoms in total. The standard InChI is InChI=1S/C16H22N2O4/c19-16(18-10-13-4-6-20-11-13)17-5-3-12-1-2-14-15(9-12)22-8-7-21-14/h1-2,9,13H,3-8,10-11H2,(H2,17,18,19)/t13-/m0/s1. The quantitative estimate of drug-likeness (QED) is 0.861. The predicted octanol–water partition coefficient (Wildman–Crippen LogP) is 1.34. The normalized spacial score (nSPS) is 19.7. The largest absolute Gasteiger partial charge is 0.486 e. The molecule has 1 saturated heterocycles. The molecule has 2 N–H and O–H groups in total. The van der Waals surface area contributed by atoms with Gasteiger partial charge in [0.25, 0.3) is 0 Å². The van der Waals surface area contributed by atoms with Gasteiger partial charge in [0.2, 0.25) is 0 Å². The highest BCUT2D eigenvalue weighted by Gasteiger charge is 2.16. The van der Waals surface area contributed by atoms with Gasteiger partial charge in [0.1, 0.15) is 13.2 Å². The van der Waals surface area contributed by atoms with Gasteiger partial charge in [0.05, 0.1) is 6.61 Å². The number of amides is 2. The summed E-state index contributed by atoms with van der Waals surface area (Å²) in [5.41, 5.74) is 1.12. The lowest BCUT2D eigenvalue weighted by Gasteiger charge is -2.19. The zero-order chi connectivity index (χ0) is 15.2. The summed E-state index contributed by atoms with van der Waals surface area (Å²) in [6, 6.07) is 5.78. The Kier molecular flexibility index (Phi) is 5.00. The Balaban J connectivity index is 1.38. The third kappa shape index (κ3) is 4.04. The lowest BCUT2D eigenvalue weighted by atomic mass is 10.1. The molecular formula is C16H22N2O4. The van der Waals surface area contributed by atoms with Crippen LogP contribution in [0.25, 0.3) is 0 Å². The zero-order valence-corrected chi connectivity index (χ0v) is 12.6. The van der Waals surface area contributed by atoms with Crippen LogP contribution in [0.4, 0.5) is 4.79 Å². The minimum absolute atomic E-state index is 0.121. The van der Waals surface area contributed by atoms with E-state index in [0.29, 0.717) is 32.2 Å². The van der Waals surface area contributed by atoms with Gasteiger partial charge in [0, 0.05) is 25.6 Å². The Labute approximate surface area is 130 Å². The lowest BCUT2D eigenvalue weighted by molar-refractivity contribution is 0.171. The number of fused-ring (bicyclic) bond motifs is 1. The van der Waals surface area contributed by atoms with Gasteiger partial charge in [-0.3, -0.25) is 0 Å². The number of hydrogen-bond donors (Lipinski definition) is 2. The van der Waals surface area contributed by atoms with Crippen LogP contribution in [0.1, 0.15) is 12.0 Å². The van der Waals surface area contributed by atoms with Crippen LogP contribution in [0.15, 0.2) is 18.2 Å². The first-order chi connectivity index (χ1) is 10.8. The Hall–Kier alpha value is -1.95. The molecule has 1 aromatic carbocycles. The fourth-order valence-corrected chi connectivity index (χ4v) is 2.61. The highest BCUT2D eigenvalue weighted by Crippen LogP contribution is 2.30. The Bertz CT molecular complexity index is 515. The smallest absolute Gasteiger partial charge is 0.314 e. The van der Waals surface area contributed by atoms with E-state index in [-0.39, 0.29) is 6.03 Å². The first-order valence-electron chi connectivity index (χ1n) is 7.79. The van der Waals surface area contributed by atoms with Crippen LogP contribution in [0.5, 0.6) is 11.5 Å². The summed E-state index contributed by atoms with van der Waals surface area (Å²) in [5.74, 6) is 2.03. The van der Waals surface area contributed by atoms with Gasteiger partial charge >= 0.3 is 6.03 Å². The van der Waals surface area contributed by atoms with Crippen molar-refractivity contribution in [1.82, 2.24) is 10.6 Å². The summed E-state index contributed by atoms with van der Waals surface area (Å²) in [5, 5.41) is 5.76. The molecule has 1 aromatic rings. The molecule has 0 bridgehead atoms. The van der Waals surface area contributed by atoms with Crippen molar-refractivity contribution < 1.29 is 19.0 Å². The number of nitrogens with one attached hydrogen (secondary N) is 2. The van der Waals surface area contributed by atoms with Crippen LogP contribution in [0.2, 0.25) is 0 Å². The molecule has 2 amide bonds. The van der Waals surface area contributed by atoms with Gasteiger partial charge in [-0.2, -0.15) is 0 Å². The number of carbonyl (C=O) groups is 1. The second-order valence-electron chi connectivity index (χ2n) is 5.59. The van der Waals surface area contributed by atoms with Gasteiger partial charge in [-0.25, -0.2) is 4.79 Å². The molecule has 2 aliphatic rings. The summed E-state index contributed by atoms with van der Waals surface area (Å²) in [4.78, 5) is 11.7. The van der Waals surface area contributed by atoms with Crippen molar-refractivity contribution >= 4 is 6.03 Å². The molecule has 1 fully saturated rings. The van der Waals surface area contributed by atoms with Crippen molar-refractivity contribution in [1.29, 1.82) is 0 Å². The lowest BCUT2D eigenvalue weighted by Crippen LogP contribution is -2.39. The summed E-state index contributed by atoms with van der Waals surface area (Å²) >= 11 is 0. The SMILES string of the molecule is O=C(NCCc1ccc2c(c1)OCCO2)NC[C@@H]1CCOC1. The maximum atomic E-state index is 11.7. The second-order valence-corrected chi connectivity index (χ2v) is 5.59. The van der Waals surface area contributed by atoms with E-state index in [4.69, 9.17) is 14.2 Å². The molecule has 22 heavy (non-hydrogen) atoms. The first-order valence-corrected chi connectivity index (χ1v) is 7.79. The predicted molar refractivity (Wildman–Crippen MR) is 81.5 cm³/mol. The third-order valence-electron chi connectivity index (χ3n) is 3.88. The molecule has 0 spiro atoms. The van der Waals surface area contributed by atoms with Gasteiger partial charge < -0.3 is 24.8 Å². The maximum absolute atomic E-state index is 11.7. The Morgan fingerprint density at radius 1 is 1.14 bits per heavy atom. The van der Waals surface area contributed by atoms with Gasteiger partial charge in [0.15, 0.2) is 11.5 Å². The van der Waals surface area contributed by atoms with Crippen LogP contribution >= 0.6 is 0 Å². The molecule has 120 valence electrons. The first kappa shape index (κ1) is 15.0. The van der Waals surface area contributed by atoms with Gasteiger partial charge in [-0.1, -0.05) is 6.07 Å². The van der Waals surface area contributed by atoms with Gasteiger partial charge in [-0.15, -0.1) is 0 Å². The van der Waals surface area contributed by atoms with Crippen LogP contribution in [-0.2, 0) is 11.2 Å². The number of ether oxygens (including phenoxy) is 3. The van der Waals surface area contributed by atoms with Crippen LogP contribution in [-0.4, -0.2) is 45.5 Å². The molecule has 0 unspecified atom stereocenters. The van der Waals surface area contributed by atoms with Crippen molar-refractivity contribution in [2.75, 3.05) is 39.5 Å². The van der Waals surface area contributed by atoms with Crippen molar-refractivity contribution in [2.24, 2.45) is 5.92 Å². The number of benzene rings is 1. The summed E-state index contributed by atoms with van der Waals surface area (Å²) in [6.45, 7) is 4.00. The highest BCUT2D eigenvalue weighted by atomic mass is 16.6. The molecule has 2 aliphatic heterocycles. The second kappa shape index (κ2) is 7.35. The summed E-state index contributed by atoms with van der Waals surface area (Å²) in [7, 11) is 0. The third-order valence-corrected chi connectivity index (χ3v) is 3.88. The number of hydrogen-bond acceptors (Lipinski definition) is 4. The Morgan fingerprint density at radius 2 is 2.00 bits per heavy atom. The van der Waals surface area contributed by atoms with E-state index >= 15 is 0 Å². The molecule has 2 heterocycles. The van der Waals surface area contributed by atoms with E-state index in [1.165, 1.54) is 0 Å².